The van der Waals surface area contributed by atoms with Crippen LogP contribution in [0.25, 0.3) is 5.65 Å². The first-order valence-electron chi connectivity index (χ1n) is 6.35. The number of nitrogens with zero attached hydrogens (tertiary/aromatic N) is 4. The van der Waals surface area contributed by atoms with Crippen molar-refractivity contribution in [3.05, 3.63) is 32.7 Å². The number of halogens is 2. The van der Waals surface area contributed by atoms with Crippen molar-refractivity contribution in [2.75, 3.05) is 5.88 Å². The normalized spacial score (nSPS) is 11.2. The van der Waals surface area contributed by atoms with Gasteiger partial charge in [0.15, 0.2) is 0 Å². The van der Waals surface area contributed by atoms with Gasteiger partial charge in [-0.25, -0.2) is 4.98 Å². The zero-order chi connectivity index (χ0) is 14.7. The molecule has 0 aliphatic rings. The van der Waals surface area contributed by atoms with Crippen molar-refractivity contribution >= 4 is 34.5 Å². The van der Waals surface area contributed by atoms with Crippen LogP contribution in [0.4, 0.5) is 5.69 Å². The fourth-order valence-corrected chi connectivity index (χ4v) is 2.56. The molecule has 2 aromatic rings. The second-order valence-corrected chi connectivity index (χ2v) is 5.13. The molecule has 6 nitrogen and oxygen atoms in total. The van der Waals surface area contributed by atoms with Crippen molar-refractivity contribution in [2.45, 2.75) is 32.6 Å². The molecule has 0 atom stereocenters. The molecular formula is C12H14Cl2N4O2. The molecule has 0 amide bonds. The lowest BCUT2D eigenvalue weighted by Crippen LogP contribution is -2.07. The van der Waals surface area contributed by atoms with Crippen LogP contribution in [-0.2, 0) is 12.8 Å². The standard InChI is InChI=1S/C12H14Cl2N4O2/c1-2-3-4-9-8(5-6-13)11(14)17-12(16-9)10(7-15-17)18(19)20/h7H,2-6H2,1H3. The van der Waals surface area contributed by atoms with Crippen LogP contribution in [0.15, 0.2) is 6.20 Å². The average Bonchev–Trinajstić information content (AvgIpc) is 2.84. The van der Waals surface area contributed by atoms with Gasteiger partial charge in [0.25, 0.3) is 0 Å². The van der Waals surface area contributed by atoms with Crippen molar-refractivity contribution in [2.24, 2.45) is 0 Å². The Labute approximate surface area is 125 Å². The van der Waals surface area contributed by atoms with E-state index >= 15 is 0 Å². The van der Waals surface area contributed by atoms with Gasteiger partial charge in [0.2, 0.25) is 5.65 Å². The minimum absolute atomic E-state index is 0.137. The van der Waals surface area contributed by atoms with E-state index in [-0.39, 0.29) is 11.3 Å². The molecule has 0 saturated carbocycles. The molecule has 2 heterocycles. The summed E-state index contributed by atoms with van der Waals surface area (Å²) in [5.41, 5.74) is 1.64. The molecule has 0 radical (unpaired) electrons. The van der Waals surface area contributed by atoms with Gasteiger partial charge in [-0.05, 0) is 19.3 Å². The minimum Gasteiger partial charge on any atom is -0.258 e. The Kier molecular flexibility index (Phi) is 4.77. The number of aryl methyl sites for hydroxylation is 1. The van der Waals surface area contributed by atoms with Gasteiger partial charge in [0.05, 0.1) is 4.92 Å². The van der Waals surface area contributed by atoms with E-state index in [0.29, 0.717) is 17.5 Å². The maximum atomic E-state index is 11.0. The number of hydrogen-bond donors (Lipinski definition) is 0. The highest BCUT2D eigenvalue weighted by Crippen LogP contribution is 2.27. The molecule has 0 aliphatic heterocycles. The second kappa shape index (κ2) is 6.37. The van der Waals surface area contributed by atoms with Crippen molar-refractivity contribution in [3.63, 3.8) is 0 Å². The maximum absolute atomic E-state index is 11.0. The van der Waals surface area contributed by atoms with E-state index in [1.807, 2.05) is 0 Å². The molecule has 0 aromatic carbocycles. The lowest BCUT2D eigenvalue weighted by atomic mass is 10.1. The van der Waals surface area contributed by atoms with Gasteiger partial charge < -0.3 is 0 Å². The van der Waals surface area contributed by atoms with E-state index < -0.39 is 4.92 Å². The van der Waals surface area contributed by atoms with Crippen LogP contribution in [0.5, 0.6) is 0 Å². The Morgan fingerprint density at radius 1 is 1.45 bits per heavy atom. The van der Waals surface area contributed by atoms with Gasteiger partial charge in [-0.2, -0.15) is 9.61 Å². The Balaban J connectivity index is 2.63. The van der Waals surface area contributed by atoms with Crippen LogP contribution in [-0.4, -0.2) is 25.4 Å². The molecule has 8 heteroatoms. The summed E-state index contributed by atoms with van der Waals surface area (Å²) in [7, 11) is 0. The largest absolute Gasteiger partial charge is 0.333 e. The predicted molar refractivity (Wildman–Crippen MR) is 77.7 cm³/mol. The third-order valence-corrected chi connectivity index (χ3v) is 3.63. The molecule has 0 N–H and O–H groups in total. The Morgan fingerprint density at radius 2 is 2.20 bits per heavy atom. The number of hydrogen-bond acceptors (Lipinski definition) is 4. The molecular weight excluding hydrogens is 303 g/mol. The molecule has 0 bridgehead atoms. The summed E-state index contributed by atoms with van der Waals surface area (Å²) >= 11 is 12.1. The SMILES string of the molecule is CCCCc1nc2c([N+](=O)[O-])cnn2c(Cl)c1CCCl. The molecule has 0 spiro atoms. The van der Waals surface area contributed by atoms with Crippen LogP contribution in [0, 0.1) is 10.1 Å². The highest BCUT2D eigenvalue weighted by atomic mass is 35.5. The van der Waals surface area contributed by atoms with Gasteiger partial charge in [-0.1, -0.05) is 24.9 Å². The molecule has 0 unspecified atom stereocenters. The molecule has 2 aromatic heterocycles. The van der Waals surface area contributed by atoms with Crippen LogP contribution >= 0.6 is 23.2 Å². The fourth-order valence-electron chi connectivity index (χ4n) is 2.05. The second-order valence-electron chi connectivity index (χ2n) is 4.39. The van der Waals surface area contributed by atoms with Gasteiger partial charge >= 0.3 is 5.69 Å². The fraction of sp³-hybridized carbons (Fsp3) is 0.500. The van der Waals surface area contributed by atoms with Gasteiger partial charge in [0, 0.05) is 17.1 Å². The summed E-state index contributed by atoms with van der Waals surface area (Å²) < 4.78 is 1.30. The van der Waals surface area contributed by atoms with Gasteiger partial charge in [-0.3, -0.25) is 10.1 Å². The summed E-state index contributed by atoms with van der Waals surface area (Å²) in [6, 6.07) is 0. The summed E-state index contributed by atoms with van der Waals surface area (Å²) in [5.74, 6) is 0.412. The summed E-state index contributed by atoms with van der Waals surface area (Å²) in [6.45, 7) is 2.07. The lowest BCUT2D eigenvalue weighted by molar-refractivity contribution is -0.383. The number of aromatic nitrogens is 3. The summed E-state index contributed by atoms with van der Waals surface area (Å²) in [5, 5.41) is 15.3. The van der Waals surface area contributed by atoms with Crippen molar-refractivity contribution in [1.82, 2.24) is 14.6 Å². The average molecular weight is 317 g/mol. The first-order chi connectivity index (χ1) is 9.60. The first-order valence-corrected chi connectivity index (χ1v) is 7.26. The zero-order valence-corrected chi connectivity index (χ0v) is 12.5. The quantitative estimate of drug-likeness (QED) is 0.354. The highest BCUT2D eigenvalue weighted by Gasteiger charge is 2.22. The molecule has 2 rings (SSSR count). The van der Waals surface area contributed by atoms with Gasteiger partial charge in [-0.15, -0.1) is 11.6 Å². The van der Waals surface area contributed by atoms with E-state index in [0.717, 1.165) is 30.5 Å². The van der Waals surface area contributed by atoms with Crippen molar-refractivity contribution < 1.29 is 4.92 Å². The number of alkyl halides is 1. The highest BCUT2D eigenvalue weighted by molar-refractivity contribution is 6.30. The van der Waals surface area contributed by atoms with E-state index in [9.17, 15) is 10.1 Å². The summed E-state index contributed by atoms with van der Waals surface area (Å²) in [4.78, 5) is 14.9. The third kappa shape index (κ3) is 2.71. The Morgan fingerprint density at radius 3 is 2.80 bits per heavy atom. The third-order valence-electron chi connectivity index (χ3n) is 3.06. The van der Waals surface area contributed by atoms with Crippen LogP contribution in [0.2, 0.25) is 5.15 Å². The van der Waals surface area contributed by atoms with E-state index in [1.54, 1.807) is 0 Å². The molecule has 0 fully saturated rings. The zero-order valence-electron chi connectivity index (χ0n) is 11.0. The Hall–Kier alpha value is -1.40. The van der Waals surface area contributed by atoms with E-state index in [4.69, 9.17) is 23.2 Å². The van der Waals surface area contributed by atoms with Crippen LogP contribution in [0.3, 0.4) is 0 Å². The minimum atomic E-state index is -0.503. The van der Waals surface area contributed by atoms with Crippen molar-refractivity contribution in [3.8, 4) is 0 Å². The molecule has 108 valence electrons. The summed E-state index contributed by atoms with van der Waals surface area (Å²) in [6.07, 6.45) is 4.41. The topological polar surface area (TPSA) is 73.3 Å². The van der Waals surface area contributed by atoms with Crippen LogP contribution < -0.4 is 0 Å². The van der Waals surface area contributed by atoms with Gasteiger partial charge in [0.1, 0.15) is 11.3 Å². The van der Waals surface area contributed by atoms with Crippen molar-refractivity contribution in [1.29, 1.82) is 0 Å². The first kappa shape index (κ1) is 15.0. The number of rotatable bonds is 6. The Bertz CT molecular complexity index is 642. The predicted octanol–water partition coefficient (Wildman–Crippen LogP) is 3.41. The molecule has 0 aliphatic carbocycles. The van der Waals surface area contributed by atoms with E-state index in [2.05, 4.69) is 17.0 Å². The van der Waals surface area contributed by atoms with E-state index in [1.165, 1.54) is 10.7 Å². The number of nitro groups is 1. The maximum Gasteiger partial charge on any atom is 0.333 e. The molecule has 0 saturated heterocycles. The molecule has 20 heavy (non-hydrogen) atoms. The van der Waals surface area contributed by atoms with Crippen LogP contribution in [0.1, 0.15) is 31.0 Å². The number of fused-ring (bicyclic) bond motifs is 1. The monoisotopic (exact) mass is 316 g/mol. The lowest BCUT2D eigenvalue weighted by Gasteiger charge is -2.10. The number of unbranched alkanes of at least 4 members (excludes halogenated alkanes) is 1. The smallest absolute Gasteiger partial charge is 0.258 e.